The average Bonchev–Trinajstić information content (AvgIpc) is 2.79. The third-order valence-electron chi connectivity index (χ3n) is 2.62. The van der Waals surface area contributed by atoms with Gasteiger partial charge < -0.3 is 14.8 Å². The fourth-order valence-electron chi connectivity index (χ4n) is 1.63. The Morgan fingerprint density at radius 2 is 1.81 bits per heavy atom. The molecule has 0 aliphatic heterocycles. The normalized spacial score (nSPS) is 10.3. The molecule has 0 radical (unpaired) electrons. The number of nitrogens with one attached hydrogen (secondary N) is 1. The molecule has 0 unspecified atom stereocenters. The molecule has 1 aromatic carbocycles. The van der Waals surface area contributed by atoms with Gasteiger partial charge in [0.25, 0.3) is 5.91 Å². The number of hydrogen-bond donors (Lipinski definition) is 1. The predicted molar refractivity (Wildman–Crippen MR) is 92.2 cm³/mol. The molecule has 4 nitrogen and oxygen atoms in total. The van der Waals surface area contributed by atoms with Crippen LogP contribution in [0, 0.1) is 0 Å². The Balaban J connectivity index is 2.31. The number of carbonyl (C=O) groups excluding carboxylic acids is 1. The van der Waals surface area contributed by atoms with E-state index in [2.05, 4.69) is 37.2 Å². The lowest BCUT2D eigenvalue weighted by Gasteiger charge is -2.12. The maximum Gasteiger partial charge on any atom is 0.257 e. The van der Waals surface area contributed by atoms with Crippen molar-refractivity contribution in [2.45, 2.75) is 0 Å². The number of ether oxygens (including phenoxy) is 2. The highest BCUT2D eigenvalue weighted by Crippen LogP contribution is 2.37. The Hall–Kier alpha value is -0.760. The first kappa shape index (κ1) is 16.6. The summed E-state index contributed by atoms with van der Waals surface area (Å²) in [6.45, 7) is 0. The van der Waals surface area contributed by atoms with Gasteiger partial charge in [0.2, 0.25) is 0 Å². The molecule has 2 aromatic rings. The Morgan fingerprint density at radius 1 is 1.19 bits per heavy atom. The maximum absolute atomic E-state index is 12.3. The van der Waals surface area contributed by atoms with Crippen molar-refractivity contribution in [1.29, 1.82) is 0 Å². The fraction of sp³-hybridized carbons (Fsp3) is 0.154. The summed E-state index contributed by atoms with van der Waals surface area (Å²) in [6.07, 6.45) is 0. The van der Waals surface area contributed by atoms with Gasteiger partial charge in [-0.1, -0.05) is 11.6 Å². The number of halogens is 3. The number of hydrogen-bond acceptors (Lipinski definition) is 4. The molecular formula is C13H10Br2ClNO3S. The molecule has 112 valence electrons. The van der Waals surface area contributed by atoms with E-state index in [0.29, 0.717) is 27.8 Å². The molecule has 8 heteroatoms. The lowest BCUT2D eigenvalue weighted by molar-refractivity contribution is 0.102. The van der Waals surface area contributed by atoms with E-state index in [1.54, 1.807) is 18.2 Å². The number of methoxy groups -OCH3 is 2. The lowest BCUT2D eigenvalue weighted by atomic mass is 10.2. The Kier molecular flexibility index (Phi) is 5.54. The van der Waals surface area contributed by atoms with Crippen LogP contribution < -0.4 is 14.8 Å². The first-order valence-electron chi connectivity index (χ1n) is 5.64. The SMILES string of the molecule is COc1cc(Cl)c(NC(=O)c2cc(Br)sc2Br)cc1OC. The van der Waals surface area contributed by atoms with E-state index in [1.165, 1.54) is 25.6 Å². The van der Waals surface area contributed by atoms with Gasteiger partial charge in [-0.25, -0.2) is 0 Å². The van der Waals surface area contributed by atoms with Gasteiger partial charge in [0.15, 0.2) is 11.5 Å². The zero-order valence-corrected chi connectivity index (χ0v) is 15.7. The average molecular weight is 456 g/mol. The van der Waals surface area contributed by atoms with E-state index in [0.717, 1.165) is 7.57 Å². The van der Waals surface area contributed by atoms with Crippen LogP contribution >= 0.6 is 54.8 Å². The van der Waals surface area contributed by atoms with E-state index >= 15 is 0 Å². The number of carbonyl (C=O) groups is 1. The van der Waals surface area contributed by atoms with Crippen LogP contribution in [0.4, 0.5) is 5.69 Å². The van der Waals surface area contributed by atoms with Crippen molar-refractivity contribution in [3.05, 3.63) is 36.4 Å². The second-order valence-corrected chi connectivity index (χ2v) is 8.04. The van der Waals surface area contributed by atoms with Crippen LogP contribution in [0.5, 0.6) is 11.5 Å². The first-order valence-corrected chi connectivity index (χ1v) is 8.42. The van der Waals surface area contributed by atoms with Gasteiger partial charge in [-0.15, -0.1) is 11.3 Å². The Bertz CT molecular complexity index is 690. The first-order chi connectivity index (χ1) is 9.96. The minimum absolute atomic E-state index is 0.266. The molecule has 1 aromatic heterocycles. The van der Waals surface area contributed by atoms with Gasteiger partial charge in [-0.2, -0.15) is 0 Å². The summed E-state index contributed by atoms with van der Waals surface area (Å²) in [5, 5.41) is 3.12. The molecule has 1 amide bonds. The number of thiophene rings is 1. The van der Waals surface area contributed by atoms with Gasteiger partial charge >= 0.3 is 0 Å². The molecule has 0 spiro atoms. The largest absolute Gasteiger partial charge is 0.493 e. The molecule has 21 heavy (non-hydrogen) atoms. The summed E-state index contributed by atoms with van der Waals surface area (Å²) in [5.74, 6) is 0.723. The minimum Gasteiger partial charge on any atom is -0.493 e. The van der Waals surface area contributed by atoms with Crippen molar-refractivity contribution < 1.29 is 14.3 Å². The van der Waals surface area contributed by atoms with Crippen molar-refractivity contribution in [2.24, 2.45) is 0 Å². The van der Waals surface area contributed by atoms with Crippen LogP contribution in [0.2, 0.25) is 5.02 Å². The third kappa shape index (κ3) is 3.71. The summed E-state index contributed by atoms with van der Waals surface area (Å²) in [7, 11) is 3.04. The van der Waals surface area contributed by atoms with Crippen LogP contribution in [0.3, 0.4) is 0 Å². The van der Waals surface area contributed by atoms with Crippen molar-refractivity contribution in [3.63, 3.8) is 0 Å². The minimum atomic E-state index is -0.266. The number of amides is 1. The quantitative estimate of drug-likeness (QED) is 0.690. The molecule has 0 bridgehead atoms. The van der Waals surface area contributed by atoms with E-state index < -0.39 is 0 Å². The van der Waals surface area contributed by atoms with E-state index in [9.17, 15) is 4.79 Å². The zero-order valence-electron chi connectivity index (χ0n) is 11.0. The van der Waals surface area contributed by atoms with Crippen molar-refractivity contribution in [2.75, 3.05) is 19.5 Å². The summed E-state index contributed by atoms with van der Waals surface area (Å²) in [5.41, 5.74) is 0.978. The topological polar surface area (TPSA) is 47.6 Å². The predicted octanol–water partition coefficient (Wildman–Crippen LogP) is 5.20. The maximum atomic E-state index is 12.3. The molecular weight excluding hydrogens is 445 g/mol. The zero-order chi connectivity index (χ0) is 15.6. The standard InChI is InChI=1S/C13H10Br2ClNO3S/c1-19-9-4-7(16)8(5-10(9)20-2)17-13(18)6-3-11(14)21-12(6)15/h3-5H,1-2H3,(H,17,18). The Morgan fingerprint density at radius 3 is 2.33 bits per heavy atom. The Labute approximate surface area is 147 Å². The van der Waals surface area contributed by atoms with Crippen LogP contribution in [0.25, 0.3) is 0 Å². The molecule has 0 atom stereocenters. The van der Waals surface area contributed by atoms with Crippen LogP contribution in [0.15, 0.2) is 25.8 Å². The second-order valence-electron chi connectivity index (χ2n) is 3.88. The molecule has 1 N–H and O–H groups in total. The van der Waals surface area contributed by atoms with Gasteiger partial charge in [0.05, 0.1) is 38.1 Å². The van der Waals surface area contributed by atoms with Gasteiger partial charge in [-0.05, 0) is 37.9 Å². The number of anilines is 1. The fourth-order valence-corrected chi connectivity index (χ4v) is 4.63. The highest BCUT2D eigenvalue weighted by atomic mass is 79.9. The lowest BCUT2D eigenvalue weighted by Crippen LogP contribution is -2.12. The van der Waals surface area contributed by atoms with Crippen LogP contribution in [-0.4, -0.2) is 20.1 Å². The molecule has 0 fully saturated rings. The van der Waals surface area contributed by atoms with Crippen LogP contribution in [0.1, 0.15) is 10.4 Å². The molecule has 2 rings (SSSR count). The van der Waals surface area contributed by atoms with E-state index in [1.807, 2.05) is 0 Å². The van der Waals surface area contributed by atoms with E-state index in [4.69, 9.17) is 21.1 Å². The van der Waals surface area contributed by atoms with Crippen LogP contribution in [-0.2, 0) is 0 Å². The summed E-state index contributed by atoms with van der Waals surface area (Å²) in [4.78, 5) is 12.3. The van der Waals surface area contributed by atoms with Gasteiger partial charge in [0.1, 0.15) is 0 Å². The summed E-state index contributed by atoms with van der Waals surface area (Å²) in [6, 6.07) is 4.95. The monoisotopic (exact) mass is 453 g/mol. The summed E-state index contributed by atoms with van der Waals surface area (Å²) < 4.78 is 11.9. The van der Waals surface area contributed by atoms with E-state index in [-0.39, 0.29) is 5.91 Å². The highest BCUT2D eigenvalue weighted by Gasteiger charge is 2.17. The van der Waals surface area contributed by atoms with Crippen molar-refractivity contribution >= 4 is 66.4 Å². The molecule has 0 saturated carbocycles. The molecule has 0 saturated heterocycles. The third-order valence-corrected chi connectivity index (χ3v) is 5.27. The summed E-state index contributed by atoms with van der Waals surface area (Å²) >= 11 is 14.3. The van der Waals surface area contributed by atoms with Crippen molar-refractivity contribution in [3.8, 4) is 11.5 Å². The van der Waals surface area contributed by atoms with Gasteiger partial charge in [-0.3, -0.25) is 4.79 Å². The molecule has 1 heterocycles. The molecule has 0 aliphatic rings. The van der Waals surface area contributed by atoms with Gasteiger partial charge in [0, 0.05) is 12.1 Å². The van der Waals surface area contributed by atoms with Crippen molar-refractivity contribution in [1.82, 2.24) is 0 Å². The number of benzene rings is 1. The smallest absolute Gasteiger partial charge is 0.257 e. The second kappa shape index (κ2) is 7.00. The highest BCUT2D eigenvalue weighted by molar-refractivity contribution is 9.12. The number of rotatable bonds is 4. The molecule has 0 aliphatic carbocycles.